The lowest BCUT2D eigenvalue weighted by atomic mass is 10.1. The Balaban J connectivity index is 2.49. The van der Waals surface area contributed by atoms with Gasteiger partial charge in [0.15, 0.2) is 0 Å². The second-order valence-corrected chi connectivity index (χ2v) is 3.19. The summed E-state index contributed by atoms with van der Waals surface area (Å²) in [5.74, 6) is 1.00. The van der Waals surface area contributed by atoms with Crippen LogP contribution in [0.25, 0.3) is 11.1 Å². The van der Waals surface area contributed by atoms with Gasteiger partial charge >= 0.3 is 0 Å². The molecule has 3 nitrogen and oxygen atoms in total. The molecule has 0 amide bonds. The lowest BCUT2D eigenvalue weighted by Gasteiger charge is -2.05. The standard InChI is InChI=1S/C12H12N2O/c1-15-12-8-10(7-11(13)14-12)9-5-3-2-4-6-9/h2-8H,1H3,(H2,13,14). The van der Waals surface area contributed by atoms with E-state index >= 15 is 0 Å². The molecule has 0 saturated heterocycles. The van der Waals surface area contributed by atoms with Crippen molar-refractivity contribution in [3.63, 3.8) is 0 Å². The van der Waals surface area contributed by atoms with Crippen LogP contribution in [0.3, 0.4) is 0 Å². The summed E-state index contributed by atoms with van der Waals surface area (Å²) in [6.07, 6.45) is 0. The van der Waals surface area contributed by atoms with E-state index in [9.17, 15) is 0 Å². The first-order valence-electron chi connectivity index (χ1n) is 4.66. The summed E-state index contributed by atoms with van der Waals surface area (Å²) in [5, 5.41) is 0. The molecule has 0 aliphatic rings. The van der Waals surface area contributed by atoms with Gasteiger partial charge in [0.2, 0.25) is 5.88 Å². The third kappa shape index (κ3) is 2.07. The van der Waals surface area contributed by atoms with E-state index in [1.807, 2.05) is 42.5 Å². The molecule has 76 valence electrons. The minimum Gasteiger partial charge on any atom is -0.481 e. The predicted octanol–water partition coefficient (Wildman–Crippen LogP) is 2.34. The molecule has 0 spiro atoms. The topological polar surface area (TPSA) is 48.1 Å². The van der Waals surface area contributed by atoms with Crippen LogP contribution in [0.4, 0.5) is 5.82 Å². The van der Waals surface area contributed by atoms with Crippen molar-refractivity contribution in [1.82, 2.24) is 4.98 Å². The molecule has 0 bridgehead atoms. The SMILES string of the molecule is COc1cc(-c2ccccc2)cc(N)n1. The predicted molar refractivity (Wildman–Crippen MR) is 60.6 cm³/mol. The van der Waals surface area contributed by atoms with Crippen molar-refractivity contribution in [2.45, 2.75) is 0 Å². The summed E-state index contributed by atoms with van der Waals surface area (Å²) >= 11 is 0. The summed E-state index contributed by atoms with van der Waals surface area (Å²) in [6, 6.07) is 13.7. The molecule has 0 radical (unpaired) electrons. The Morgan fingerprint density at radius 3 is 2.47 bits per heavy atom. The van der Waals surface area contributed by atoms with Crippen LogP contribution in [-0.4, -0.2) is 12.1 Å². The number of anilines is 1. The molecule has 0 aliphatic carbocycles. The van der Waals surface area contributed by atoms with Gasteiger partial charge in [0.05, 0.1) is 7.11 Å². The molecule has 0 saturated carbocycles. The molecule has 2 N–H and O–H groups in total. The highest BCUT2D eigenvalue weighted by molar-refractivity contribution is 5.67. The number of nitrogens with zero attached hydrogens (tertiary/aromatic N) is 1. The molecule has 2 rings (SSSR count). The van der Waals surface area contributed by atoms with E-state index in [-0.39, 0.29) is 0 Å². The van der Waals surface area contributed by atoms with Crippen LogP contribution in [0.5, 0.6) is 5.88 Å². The maximum absolute atomic E-state index is 5.68. The van der Waals surface area contributed by atoms with Gasteiger partial charge in [0.1, 0.15) is 5.82 Å². The van der Waals surface area contributed by atoms with Crippen LogP contribution < -0.4 is 10.5 Å². The number of hydrogen-bond acceptors (Lipinski definition) is 3. The van der Waals surface area contributed by atoms with Crippen LogP contribution in [-0.2, 0) is 0 Å². The maximum atomic E-state index is 5.68. The van der Waals surface area contributed by atoms with Crippen molar-refractivity contribution in [3.8, 4) is 17.0 Å². The Labute approximate surface area is 88.5 Å². The first-order chi connectivity index (χ1) is 7.29. The molecule has 0 atom stereocenters. The molecule has 1 aromatic heterocycles. The second kappa shape index (κ2) is 4.00. The largest absolute Gasteiger partial charge is 0.481 e. The van der Waals surface area contributed by atoms with Gasteiger partial charge in [0.25, 0.3) is 0 Å². The fourth-order valence-electron chi connectivity index (χ4n) is 1.43. The third-order valence-corrected chi connectivity index (χ3v) is 2.14. The van der Waals surface area contributed by atoms with Crippen LogP contribution in [0, 0.1) is 0 Å². The number of benzene rings is 1. The Kier molecular flexibility index (Phi) is 2.54. The van der Waals surface area contributed by atoms with Gasteiger partial charge < -0.3 is 10.5 Å². The van der Waals surface area contributed by atoms with Crippen molar-refractivity contribution in [2.24, 2.45) is 0 Å². The molecule has 1 aromatic carbocycles. The Morgan fingerprint density at radius 1 is 1.07 bits per heavy atom. The number of aromatic nitrogens is 1. The normalized spacial score (nSPS) is 9.93. The average molecular weight is 200 g/mol. The zero-order chi connectivity index (χ0) is 10.7. The number of pyridine rings is 1. The first-order valence-corrected chi connectivity index (χ1v) is 4.66. The van der Waals surface area contributed by atoms with Crippen molar-refractivity contribution in [2.75, 3.05) is 12.8 Å². The van der Waals surface area contributed by atoms with Gasteiger partial charge in [-0.2, -0.15) is 4.98 Å². The fourth-order valence-corrected chi connectivity index (χ4v) is 1.43. The molecule has 15 heavy (non-hydrogen) atoms. The quantitative estimate of drug-likeness (QED) is 0.809. The summed E-state index contributed by atoms with van der Waals surface area (Å²) in [6.45, 7) is 0. The van der Waals surface area contributed by atoms with Crippen LogP contribution in [0.1, 0.15) is 0 Å². The fraction of sp³-hybridized carbons (Fsp3) is 0.0833. The van der Waals surface area contributed by atoms with Gasteiger partial charge in [-0.15, -0.1) is 0 Å². The third-order valence-electron chi connectivity index (χ3n) is 2.14. The van der Waals surface area contributed by atoms with Gasteiger partial charge in [-0.05, 0) is 17.2 Å². The van der Waals surface area contributed by atoms with Crippen molar-refractivity contribution >= 4 is 5.82 Å². The van der Waals surface area contributed by atoms with Gasteiger partial charge in [-0.25, -0.2) is 0 Å². The van der Waals surface area contributed by atoms with Gasteiger partial charge in [0, 0.05) is 6.07 Å². The minimum absolute atomic E-state index is 0.466. The highest BCUT2D eigenvalue weighted by Gasteiger charge is 2.02. The van der Waals surface area contributed by atoms with E-state index in [0.29, 0.717) is 11.7 Å². The number of methoxy groups -OCH3 is 1. The van der Waals surface area contributed by atoms with E-state index in [0.717, 1.165) is 11.1 Å². The number of rotatable bonds is 2. The van der Waals surface area contributed by atoms with Gasteiger partial charge in [-0.3, -0.25) is 0 Å². The van der Waals surface area contributed by atoms with Crippen molar-refractivity contribution in [1.29, 1.82) is 0 Å². The van der Waals surface area contributed by atoms with Crippen LogP contribution >= 0.6 is 0 Å². The summed E-state index contributed by atoms with van der Waals surface area (Å²) in [4.78, 5) is 4.03. The van der Waals surface area contributed by atoms with E-state index in [1.165, 1.54) is 0 Å². The Morgan fingerprint density at radius 2 is 1.80 bits per heavy atom. The molecular formula is C12H12N2O. The van der Waals surface area contributed by atoms with Crippen LogP contribution in [0.15, 0.2) is 42.5 Å². The highest BCUT2D eigenvalue weighted by atomic mass is 16.5. The minimum atomic E-state index is 0.466. The number of ether oxygens (including phenoxy) is 1. The molecule has 0 fully saturated rings. The van der Waals surface area contributed by atoms with E-state index < -0.39 is 0 Å². The summed E-state index contributed by atoms with van der Waals surface area (Å²) < 4.78 is 5.07. The Bertz CT molecular complexity index is 454. The molecule has 0 unspecified atom stereocenters. The van der Waals surface area contributed by atoms with Gasteiger partial charge in [-0.1, -0.05) is 30.3 Å². The number of hydrogen-bond donors (Lipinski definition) is 1. The first kappa shape index (κ1) is 9.52. The van der Waals surface area contributed by atoms with E-state index in [4.69, 9.17) is 10.5 Å². The highest BCUT2D eigenvalue weighted by Crippen LogP contribution is 2.24. The van der Waals surface area contributed by atoms with E-state index in [1.54, 1.807) is 7.11 Å². The van der Waals surface area contributed by atoms with Crippen LogP contribution in [0.2, 0.25) is 0 Å². The Hall–Kier alpha value is -2.03. The lowest BCUT2D eigenvalue weighted by Crippen LogP contribution is -1.94. The molecule has 3 heteroatoms. The molecule has 1 heterocycles. The zero-order valence-electron chi connectivity index (χ0n) is 8.47. The van der Waals surface area contributed by atoms with E-state index in [2.05, 4.69) is 4.98 Å². The summed E-state index contributed by atoms with van der Waals surface area (Å²) in [5.41, 5.74) is 7.80. The summed E-state index contributed by atoms with van der Waals surface area (Å²) in [7, 11) is 1.58. The molecular weight excluding hydrogens is 188 g/mol. The zero-order valence-corrected chi connectivity index (χ0v) is 8.47. The number of nitrogen functional groups attached to an aromatic ring is 1. The van der Waals surface area contributed by atoms with Crippen molar-refractivity contribution < 1.29 is 4.74 Å². The average Bonchev–Trinajstić information content (AvgIpc) is 2.29. The monoisotopic (exact) mass is 200 g/mol. The lowest BCUT2D eigenvalue weighted by molar-refractivity contribution is 0.399. The second-order valence-electron chi connectivity index (χ2n) is 3.19. The molecule has 0 aliphatic heterocycles. The number of nitrogens with two attached hydrogens (primary N) is 1. The van der Waals surface area contributed by atoms with Crippen molar-refractivity contribution in [3.05, 3.63) is 42.5 Å². The molecule has 2 aromatic rings. The smallest absolute Gasteiger partial charge is 0.215 e. The maximum Gasteiger partial charge on any atom is 0.215 e.